The lowest BCUT2D eigenvalue weighted by molar-refractivity contribution is 0.349. The van der Waals surface area contributed by atoms with Gasteiger partial charge in [-0.15, -0.1) is 0 Å². The summed E-state index contributed by atoms with van der Waals surface area (Å²) < 4.78 is 10.6. The van der Waals surface area contributed by atoms with E-state index in [1.807, 2.05) is 13.8 Å². The quantitative estimate of drug-likeness (QED) is 0.915. The van der Waals surface area contributed by atoms with Crippen molar-refractivity contribution in [3.05, 3.63) is 29.0 Å². The molecule has 20 heavy (non-hydrogen) atoms. The highest BCUT2D eigenvalue weighted by Gasteiger charge is 2.29. The molecule has 2 aromatic rings. The molecule has 0 fully saturated rings. The molecule has 0 aliphatic carbocycles. The zero-order valence-corrected chi connectivity index (χ0v) is 12.6. The van der Waals surface area contributed by atoms with E-state index in [9.17, 15) is 0 Å². The molecule has 1 aromatic carbocycles. The molecular formula is C14H18ClN3O2. The van der Waals surface area contributed by atoms with Crippen LogP contribution in [0.3, 0.4) is 0 Å². The van der Waals surface area contributed by atoms with Gasteiger partial charge in [-0.1, -0.05) is 30.6 Å². The van der Waals surface area contributed by atoms with E-state index in [4.69, 9.17) is 26.6 Å². The van der Waals surface area contributed by atoms with Crippen LogP contribution in [0.4, 0.5) is 0 Å². The van der Waals surface area contributed by atoms with Crippen molar-refractivity contribution in [2.24, 2.45) is 5.73 Å². The van der Waals surface area contributed by atoms with Crippen molar-refractivity contribution in [1.82, 2.24) is 10.1 Å². The Kier molecular flexibility index (Phi) is 4.30. The van der Waals surface area contributed by atoms with Crippen molar-refractivity contribution >= 4 is 11.6 Å². The monoisotopic (exact) mass is 295 g/mol. The first-order valence-corrected chi connectivity index (χ1v) is 6.88. The highest BCUT2D eigenvalue weighted by Crippen LogP contribution is 2.33. The Bertz CT molecular complexity index is 594. The summed E-state index contributed by atoms with van der Waals surface area (Å²) in [7, 11) is 1.57. The van der Waals surface area contributed by atoms with Crippen LogP contribution in [-0.4, -0.2) is 17.3 Å². The predicted molar refractivity (Wildman–Crippen MR) is 77.7 cm³/mol. The SMILES string of the molecule is CCC(N)(CC)c1noc(-c2ccc(Cl)cc2OC)n1. The Morgan fingerprint density at radius 3 is 2.65 bits per heavy atom. The molecule has 0 radical (unpaired) electrons. The number of ether oxygens (including phenoxy) is 1. The van der Waals surface area contributed by atoms with Crippen LogP contribution in [0.1, 0.15) is 32.5 Å². The van der Waals surface area contributed by atoms with Crippen LogP contribution in [-0.2, 0) is 5.54 Å². The minimum atomic E-state index is -0.568. The maximum absolute atomic E-state index is 6.27. The molecule has 0 atom stereocenters. The van der Waals surface area contributed by atoms with Gasteiger partial charge in [0.15, 0.2) is 5.82 Å². The minimum Gasteiger partial charge on any atom is -0.496 e. The number of nitrogens with zero attached hydrogens (tertiary/aromatic N) is 2. The van der Waals surface area contributed by atoms with Gasteiger partial charge >= 0.3 is 0 Å². The standard InChI is InChI=1S/C14H18ClN3O2/c1-4-14(16,5-2)13-17-12(20-18-13)10-7-6-9(15)8-11(10)19-3/h6-8H,4-5,16H2,1-3H3. The fraction of sp³-hybridized carbons (Fsp3) is 0.429. The summed E-state index contributed by atoms with van der Waals surface area (Å²) in [5.74, 6) is 1.48. The second-order valence-corrected chi connectivity index (χ2v) is 5.07. The molecule has 0 saturated heterocycles. The van der Waals surface area contributed by atoms with Crippen LogP contribution in [0.2, 0.25) is 5.02 Å². The number of hydrogen-bond acceptors (Lipinski definition) is 5. The average molecular weight is 296 g/mol. The second-order valence-electron chi connectivity index (χ2n) is 4.63. The highest BCUT2D eigenvalue weighted by molar-refractivity contribution is 6.30. The van der Waals surface area contributed by atoms with Crippen molar-refractivity contribution in [3.63, 3.8) is 0 Å². The zero-order valence-electron chi connectivity index (χ0n) is 11.8. The number of nitrogens with two attached hydrogens (primary N) is 1. The van der Waals surface area contributed by atoms with Crippen molar-refractivity contribution in [3.8, 4) is 17.2 Å². The number of benzene rings is 1. The molecule has 1 aromatic heterocycles. The molecule has 2 rings (SSSR count). The van der Waals surface area contributed by atoms with Gasteiger partial charge in [0, 0.05) is 5.02 Å². The fourth-order valence-corrected chi connectivity index (χ4v) is 2.11. The Labute approximate surface area is 123 Å². The van der Waals surface area contributed by atoms with Gasteiger partial charge in [-0.25, -0.2) is 0 Å². The van der Waals surface area contributed by atoms with Crippen molar-refractivity contribution < 1.29 is 9.26 Å². The molecule has 0 aliphatic heterocycles. The molecule has 0 bridgehead atoms. The first-order chi connectivity index (χ1) is 9.54. The molecule has 0 spiro atoms. The first-order valence-electron chi connectivity index (χ1n) is 6.51. The van der Waals surface area contributed by atoms with E-state index < -0.39 is 5.54 Å². The van der Waals surface area contributed by atoms with Crippen LogP contribution in [0.25, 0.3) is 11.5 Å². The number of methoxy groups -OCH3 is 1. The lowest BCUT2D eigenvalue weighted by atomic mass is 9.93. The first kappa shape index (κ1) is 14.8. The lowest BCUT2D eigenvalue weighted by Gasteiger charge is -2.21. The smallest absolute Gasteiger partial charge is 0.261 e. The summed E-state index contributed by atoms with van der Waals surface area (Å²) in [6.45, 7) is 4.00. The number of rotatable bonds is 5. The maximum Gasteiger partial charge on any atom is 0.261 e. The fourth-order valence-electron chi connectivity index (χ4n) is 1.94. The third-order valence-corrected chi connectivity index (χ3v) is 3.76. The number of hydrogen-bond donors (Lipinski definition) is 1. The van der Waals surface area contributed by atoms with Gasteiger partial charge in [0.1, 0.15) is 5.75 Å². The number of halogens is 1. The van der Waals surface area contributed by atoms with Crippen LogP contribution in [0, 0.1) is 0 Å². The molecule has 108 valence electrons. The largest absolute Gasteiger partial charge is 0.496 e. The van der Waals surface area contributed by atoms with Crippen LogP contribution < -0.4 is 10.5 Å². The summed E-state index contributed by atoms with van der Waals surface area (Å²) in [5.41, 5.74) is 6.40. The normalized spacial score (nSPS) is 11.7. The van der Waals surface area contributed by atoms with E-state index in [1.165, 1.54) is 0 Å². The Morgan fingerprint density at radius 2 is 2.05 bits per heavy atom. The lowest BCUT2D eigenvalue weighted by Crippen LogP contribution is -2.36. The van der Waals surface area contributed by atoms with E-state index >= 15 is 0 Å². The molecule has 0 amide bonds. The van der Waals surface area contributed by atoms with Gasteiger partial charge in [0.25, 0.3) is 5.89 Å². The Morgan fingerprint density at radius 1 is 1.35 bits per heavy atom. The molecule has 5 nitrogen and oxygen atoms in total. The summed E-state index contributed by atoms with van der Waals surface area (Å²) in [4.78, 5) is 4.41. The maximum atomic E-state index is 6.27. The zero-order chi connectivity index (χ0) is 14.8. The molecular weight excluding hydrogens is 278 g/mol. The van der Waals surface area contributed by atoms with Crippen LogP contribution in [0.5, 0.6) is 5.75 Å². The third kappa shape index (κ3) is 2.64. The summed E-state index contributed by atoms with van der Waals surface area (Å²) in [5, 5.41) is 4.59. The van der Waals surface area contributed by atoms with Gasteiger partial charge in [-0.05, 0) is 31.0 Å². The molecule has 0 aliphatic rings. The third-order valence-electron chi connectivity index (χ3n) is 3.53. The highest BCUT2D eigenvalue weighted by atomic mass is 35.5. The van der Waals surface area contributed by atoms with Crippen molar-refractivity contribution in [2.75, 3.05) is 7.11 Å². The van der Waals surface area contributed by atoms with E-state index in [0.29, 0.717) is 28.1 Å². The van der Waals surface area contributed by atoms with Crippen LogP contribution >= 0.6 is 11.6 Å². The molecule has 6 heteroatoms. The minimum absolute atomic E-state index is 0.380. The second kappa shape index (κ2) is 5.81. The van der Waals surface area contributed by atoms with Crippen molar-refractivity contribution in [1.29, 1.82) is 0 Å². The average Bonchev–Trinajstić information content (AvgIpc) is 2.96. The van der Waals surface area contributed by atoms with Gasteiger partial charge in [0.2, 0.25) is 0 Å². The van der Waals surface area contributed by atoms with Gasteiger partial charge < -0.3 is 15.0 Å². The molecule has 1 heterocycles. The molecule has 2 N–H and O–H groups in total. The summed E-state index contributed by atoms with van der Waals surface area (Å²) >= 11 is 5.94. The molecule has 0 unspecified atom stereocenters. The number of aromatic nitrogens is 2. The van der Waals surface area contributed by atoms with Gasteiger partial charge in [-0.3, -0.25) is 0 Å². The van der Waals surface area contributed by atoms with E-state index in [1.54, 1.807) is 25.3 Å². The Balaban J connectivity index is 2.43. The molecule has 0 saturated carbocycles. The topological polar surface area (TPSA) is 74.2 Å². The van der Waals surface area contributed by atoms with E-state index in [2.05, 4.69) is 10.1 Å². The predicted octanol–water partition coefficient (Wildman–Crippen LogP) is 3.37. The van der Waals surface area contributed by atoms with Gasteiger partial charge in [-0.2, -0.15) is 4.98 Å². The van der Waals surface area contributed by atoms with E-state index in [-0.39, 0.29) is 0 Å². The summed E-state index contributed by atoms with van der Waals surface area (Å²) in [6, 6.07) is 5.24. The van der Waals surface area contributed by atoms with Gasteiger partial charge in [0.05, 0.1) is 18.2 Å². The van der Waals surface area contributed by atoms with Crippen molar-refractivity contribution in [2.45, 2.75) is 32.2 Å². The van der Waals surface area contributed by atoms with E-state index in [0.717, 1.165) is 12.8 Å². The van der Waals surface area contributed by atoms with Crippen LogP contribution in [0.15, 0.2) is 22.7 Å². The summed E-state index contributed by atoms with van der Waals surface area (Å²) in [6.07, 6.45) is 1.47. The Hall–Kier alpha value is -1.59.